The normalized spacial score (nSPS) is 12.5. The SMILES string of the molecule is COCC(CNc1ncc(N)c(C)c1Br)OC. The number of nitrogens with one attached hydrogen (secondary N) is 1. The Morgan fingerprint density at radius 1 is 1.53 bits per heavy atom. The molecule has 1 unspecified atom stereocenters. The highest BCUT2D eigenvalue weighted by atomic mass is 79.9. The molecule has 1 aromatic rings. The molecule has 1 heterocycles. The zero-order valence-electron chi connectivity index (χ0n) is 10.3. The van der Waals surface area contributed by atoms with Crippen LogP contribution in [0, 0.1) is 6.92 Å². The first kappa shape index (κ1) is 14.2. The van der Waals surface area contributed by atoms with Crippen LogP contribution in [0.1, 0.15) is 5.56 Å². The summed E-state index contributed by atoms with van der Waals surface area (Å²) in [5.74, 6) is 0.759. The third kappa shape index (κ3) is 3.83. The first-order chi connectivity index (χ1) is 8.10. The van der Waals surface area contributed by atoms with E-state index in [1.807, 2.05) is 6.92 Å². The summed E-state index contributed by atoms with van der Waals surface area (Å²) in [5, 5.41) is 3.20. The fourth-order valence-electron chi connectivity index (χ4n) is 1.32. The van der Waals surface area contributed by atoms with Crippen LogP contribution in [-0.4, -0.2) is 38.5 Å². The summed E-state index contributed by atoms with van der Waals surface area (Å²) in [6.07, 6.45) is 1.63. The molecule has 5 nitrogen and oxygen atoms in total. The van der Waals surface area contributed by atoms with E-state index in [0.29, 0.717) is 18.8 Å². The number of pyridine rings is 1. The van der Waals surface area contributed by atoms with Gasteiger partial charge >= 0.3 is 0 Å². The molecule has 6 heteroatoms. The maximum absolute atomic E-state index is 5.75. The number of nitrogens with zero attached hydrogens (tertiary/aromatic N) is 1. The molecule has 1 rings (SSSR count). The van der Waals surface area contributed by atoms with Crippen molar-refractivity contribution in [3.8, 4) is 0 Å². The lowest BCUT2D eigenvalue weighted by atomic mass is 10.2. The van der Waals surface area contributed by atoms with Crippen molar-refractivity contribution in [1.82, 2.24) is 4.98 Å². The number of halogens is 1. The first-order valence-corrected chi connectivity index (χ1v) is 6.05. The summed E-state index contributed by atoms with van der Waals surface area (Å²) < 4.78 is 11.2. The highest BCUT2D eigenvalue weighted by Gasteiger charge is 2.10. The summed E-state index contributed by atoms with van der Waals surface area (Å²) in [6.45, 7) is 3.10. The van der Waals surface area contributed by atoms with E-state index in [4.69, 9.17) is 15.2 Å². The van der Waals surface area contributed by atoms with Crippen LogP contribution in [0.3, 0.4) is 0 Å². The maximum atomic E-state index is 5.75. The summed E-state index contributed by atoms with van der Waals surface area (Å²) >= 11 is 3.46. The van der Waals surface area contributed by atoms with Gasteiger partial charge in [0.1, 0.15) is 5.82 Å². The van der Waals surface area contributed by atoms with Gasteiger partial charge < -0.3 is 20.5 Å². The van der Waals surface area contributed by atoms with Crippen LogP contribution in [0.5, 0.6) is 0 Å². The lowest BCUT2D eigenvalue weighted by Crippen LogP contribution is -2.27. The number of anilines is 2. The molecule has 0 bridgehead atoms. The first-order valence-electron chi connectivity index (χ1n) is 5.26. The van der Waals surface area contributed by atoms with Crippen molar-refractivity contribution >= 4 is 27.4 Å². The Morgan fingerprint density at radius 3 is 2.82 bits per heavy atom. The van der Waals surface area contributed by atoms with Crippen molar-refractivity contribution in [3.63, 3.8) is 0 Å². The minimum atomic E-state index is -0.00782. The molecule has 0 amide bonds. The lowest BCUT2D eigenvalue weighted by Gasteiger charge is -2.16. The lowest BCUT2D eigenvalue weighted by molar-refractivity contribution is 0.0365. The van der Waals surface area contributed by atoms with Crippen molar-refractivity contribution in [3.05, 3.63) is 16.2 Å². The van der Waals surface area contributed by atoms with E-state index >= 15 is 0 Å². The molecule has 0 fully saturated rings. The predicted molar refractivity (Wildman–Crippen MR) is 72.2 cm³/mol. The number of nitrogens with two attached hydrogens (primary N) is 1. The van der Waals surface area contributed by atoms with Gasteiger partial charge in [-0.25, -0.2) is 4.98 Å². The van der Waals surface area contributed by atoms with E-state index in [1.54, 1.807) is 20.4 Å². The van der Waals surface area contributed by atoms with Crippen LogP contribution in [0.25, 0.3) is 0 Å². The average molecular weight is 304 g/mol. The van der Waals surface area contributed by atoms with Gasteiger partial charge in [-0.05, 0) is 28.4 Å². The molecule has 0 aliphatic heterocycles. The van der Waals surface area contributed by atoms with Crippen LogP contribution in [0.2, 0.25) is 0 Å². The molecule has 3 N–H and O–H groups in total. The van der Waals surface area contributed by atoms with Crippen molar-refractivity contribution in [2.24, 2.45) is 0 Å². The van der Waals surface area contributed by atoms with E-state index in [9.17, 15) is 0 Å². The van der Waals surface area contributed by atoms with E-state index in [2.05, 4.69) is 26.2 Å². The van der Waals surface area contributed by atoms with Crippen LogP contribution >= 0.6 is 15.9 Å². The zero-order chi connectivity index (χ0) is 12.8. The van der Waals surface area contributed by atoms with Crippen molar-refractivity contribution in [2.75, 3.05) is 38.4 Å². The quantitative estimate of drug-likeness (QED) is 0.839. The molecule has 0 aliphatic carbocycles. The second kappa shape index (κ2) is 6.78. The summed E-state index contributed by atoms with van der Waals surface area (Å²) in [6, 6.07) is 0. The van der Waals surface area contributed by atoms with Crippen molar-refractivity contribution < 1.29 is 9.47 Å². The Kier molecular flexibility index (Phi) is 5.67. The van der Waals surface area contributed by atoms with Gasteiger partial charge in [-0.2, -0.15) is 0 Å². The molecular formula is C11H18BrN3O2. The third-order valence-electron chi connectivity index (χ3n) is 2.49. The Bertz CT molecular complexity index is 374. The van der Waals surface area contributed by atoms with Gasteiger partial charge in [0.2, 0.25) is 0 Å². The molecule has 96 valence electrons. The highest BCUT2D eigenvalue weighted by molar-refractivity contribution is 9.10. The predicted octanol–water partition coefficient (Wildman–Crippen LogP) is 1.81. The third-order valence-corrected chi connectivity index (χ3v) is 3.46. The van der Waals surface area contributed by atoms with Gasteiger partial charge in [-0.1, -0.05) is 0 Å². The summed E-state index contributed by atoms with van der Waals surface area (Å²) in [4.78, 5) is 4.23. The van der Waals surface area contributed by atoms with Crippen LogP contribution in [-0.2, 0) is 9.47 Å². The molecule has 17 heavy (non-hydrogen) atoms. The number of methoxy groups -OCH3 is 2. The molecule has 0 saturated carbocycles. The van der Waals surface area contributed by atoms with Crippen molar-refractivity contribution in [2.45, 2.75) is 13.0 Å². The smallest absolute Gasteiger partial charge is 0.140 e. The second-order valence-corrected chi connectivity index (χ2v) is 4.49. The van der Waals surface area contributed by atoms with Crippen molar-refractivity contribution in [1.29, 1.82) is 0 Å². The van der Waals surface area contributed by atoms with Gasteiger partial charge in [0.25, 0.3) is 0 Å². The molecule has 1 aromatic heterocycles. The van der Waals surface area contributed by atoms with E-state index < -0.39 is 0 Å². The van der Waals surface area contributed by atoms with Gasteiger partial charge in [0.05, 0.1) is 29.1 Å². The van der Waals surface area contributed by atoms with Gasteiger partial charge in [0.15, 0.2) is 0 Å². The summed E-state index contributed by atoms with van der Waals surface area (Å²) in [7, 11) is 3.30. The molecular weight excluding hydrogens is 286 g/mol. The second-order valence-electron chi connectivity index (χ2n) is 3.70. The fraction of sp³-hybridized carbons (Fsp3) is 0.545. The highest BCUT2D eigenvalue weighted by Crippen LogP contribution is 2.27. The van der Waals surface area contributed by atoms with Crippen LogP contribution in [0.15, 0.2) is 10.7 Å². The molecule has 0 spiro atoms. The molecule has 0 saturated heterocycles. The largest absolute Gasteiger partial charge is 0.397 e. The van der Waals surface area contributed by atoms with Gasteiger partial charge in [-0.15, -0.1) is 0 Å². The number of ether oxygens (including phenoxy) is 2. The van der Waals surface area contributed by atoms with E-state index in [1.165, 1.54) is 0 Å². The number of hydrogen-bond acceptors (Lipinski definition) is 5. The molecule has 1 atom stereocenters. The summed E-state index contributed by atoms with van der Waals surface area (Å²) in [5.41, 5.74) is 7.40. The molecule has 0 aliphatic rings. The van der Waals surface area contributed by atoms with Gasteiger partial charge in [-0.3, -0.25) is 0 Å². The minimum absolute atomic E-state index is 0.00782. The van der Waals surface area contributed by atoms with Crippen LogP contribution < -0.4 is 11.1 Å². The Balaban J connectivity index is 2.66. The van der Waals surface area contributed by atoms with Crippen LogP contribution in [0.4, 0.5) is 11.5 Å². The Morgan fingerprint density at radius 2 is 2.24 bits per heavy atom. The van der Waals surface area contributed by atoms with E-state index in [0.717, 1.165) is 15.9 Å². The number of aromatic nitrogens is 1. The maximum Gasteiger partial charge on any atom is 0.140 e. The minimum Gasteiger partial charge on any atom is -0.397 e. The average Bonchev–Trinajstić information content (AvgIpc) is 2.33. The Hall–Kier alpha value is -0.850. The number of nitrogen functional groups attached to an aromatic ring is 1. The molecule has 0 radical (unpaired) electrons. The number of rotatable bonds is 6. The molecule has 0 aromatic carbocycles. The topological polar surface area (TPSA) is 69.4 Å². The standard InChI is InChI=1S/C11H18BrN3O2/c1-7-9(13)5-15-11(10(7)12)14-4-8(17-3)6-16-2/h5,8H,4,6,13H2,1-3H3,(H,14,15). The fourth-order valence-corrected chi connectivity index (χ4v) is 1.79. The monoisotopic (exact) mass is 303 g/mol. The van der Waals surface area contributed by atoms with Gasteiger partial charge in [0, 0.05) is 20.8 Å². The van der Waals surface area contributed by atoms with E-state index in [-0.39, 0.29) is 6.10 Å². The number of hydrogen-bond donors (Lipinski definition) is 2. The Labute approximate surface area is 110 Å². The zero-order valence-corrected chi connectivity index (χ0v) is 11.9.